The quantitative estimate of drug-likeness (QED) is 0.839. The van der Waals surface area contributed by atoms with Crippen molar-refractivity contribution in [2.45, 2.75) is 51.9 Å². The fourth-order valence-electron chi connectivity index (χ4n) is 1.85. The Hall–Kier alpha value is -1.07. The molecule has 0 aliphatic carbocycles. The maximum Gasteiger partial charge on any atom is 0.416 e. The molecule has 0 aliphatic heterocycles. The van der Waals surface area contributed by atoms with Gasteiger partial charge in [-0.3, -0.25) is 0 Å². The van der Waals surface area contributed by atoms with Crippen LogP contribution in [0.25, 0.3) is 0 Å². The number of hydrogen-bond donors (Lipinski definition) is 2. The van der Waals surface area contributed by atoms with Gasteiger partial charge in [-0.1, -0.05) is 12.1 Å². The Morgan fingerprint density at radius 2 is 1.62 bits per heavy atom. The average molecular weight is 302 g/mol. The van der Waals surface area contributed by atoms with Crippen molar-refractivity contribution in [3.05, 3.63) is 35.4 Å². The summed E-state index contributed by atoms with van der Waals surface area (Å²) >= 11 is 0. The third kappa shape index (κ3) is 7.48. The predicted molar refractivity (Wildman–Crippen MR) is 80.4 cm³/mol. The second-order valence-electron chi connectivity index (χ2n) is 6.43. The molecule has 0 bridgehead atoms. The predicted octanol–water partition coefficient (Wildman–Crippen LogP) is 3.61. The lowest BCUT2D eigenvalue weighted by Gasteiger charge is -2.24. The highest BCUT2D eigenvalue weighted by atomic mass is 19.4. The van der Waals surface area contributed by atoms with Gasteiger partial charge < -0.3 is 10.6 Å². The number of halogens is 3. The first-order valence-electron chi connectivity index (χ1n) is 7.22. The van der Waals surface area contributed by atoms with Gasteiger partial charge in [0, 0.05) is 18.1 Å². The van der Waals surface area contributed by atoms with Crippen molar-refractivity contribution in [1.82, 2.24) is 10.6 Å². The van der Waals surface area contributed by atoms with Crippen LogP contribution in [-0.2, 0) is 12.6 Å². The summed E-state index contributed by atoms with van der Waals surface area (Å²) in [5, 5.41) is 6.77. The average Bonchev–Trinajstić information content (AvgIpc) is 2.35. The molecule has 1 unspecified atom stereocenters. The molecular formula is C16H25F3N2. The van der Waals surface area contributed by atoms with Gasteiger partial charge in [-0.2, -0.15) is 13.2 Å². The largest absolute Gasteiger partial charge is 0.416 e. The second-order valence-corrected chi connectivity index (χ2v) is 6.43. The minimum atomic E-state index is -4.26. The molecule has 0 aliphatic rings. The van der Waals surface area contributed by atoms with Gasteiger partial charge >= 0.3 is 6.18 Å². The molecular weight excluding hydrogens is 277 g/mol. The summed E-state index contributed by atoms with van der Waals surface area (Å²) in [5.74, 6) is 0. The third-order valence-corrected chi connectivity index (χ3v) is 3.13. The molecule has 1 aromatic rings. The zero-order valence-electron chi connectivity index (χ0n) is 13.1. The van der Waals surface area contributed by atoms with E-state index in [1.54, 1.807) is 12.1 Å². The number of hydrogen-bond acceptors (Lipinski definition) is 2. The van der Waals surface area contributed by atoms with Crippen LogP contribution in [0, 0.1) is 0 Å². The van der Waals surface area contributed by atoms with E-state index in [0.717, 1.165) is 37.2 Å². The molecule has 0 heterocycles. The Balaban J connectivity index is 2.33. The van der Waals surface area contributed by atoms with Gasteiger partial charge in [0.15, 0.2) is 0 Å². The van der Waals surface area contributed by atoms with Crippen LogP contribution < -0.4 is 10.6 Å². The van der Waals surface area contributed by atoms with Crippen LogP contribution in [0.4, 0.5) is 13.2 Å². The lowest BCUT2D eigenvalue weighted by molar-refractivity contribution is -0.137. The van der Waals surface area contributed by atoms with E-state index in [0.29, 0.717) is 6.04 Å². The van der Waals surface area contributed by atoms with Crippen LogP contribution in [0.5, 0.6) is 0 Å². The van der Waals surface area contributed by atoms with Crippen molar-refractivity contribution in [3.63, 3.8) is 0 Å². The smallest absolute Gasteiger partial charge is 0.313 e. The minimum absolute atomic E-state index is 0.0867. The van der Waals surface area contributed by atoms with Gasteiger partial charge in [0.2, 0.25) is 0 Å². The van der Waals surface area contributed by atoms with E-state index < -0.39 is 11.7 Å². The molecule has 2 nitrogen and oxygen atoms in total. The van der Waals surface area contributed by atoms with Gasteiger partial charge in [-0.05, 0) is 58.4 Å². The summed E-state index contributed by atoms with van der Waals surface area (Å²) in [6.45, 7) is 10.0. The van der Waals surface area contributed by atoms with Gasteiger partial charge in [0.25, 0.3) is 0 Å². The van der Waals surface area contributed by atoms with Crippen molar-refractivity contribution < 1.29 is 13.2 Å². The molecule has 0 aromatic heterocycles. The molecule has 1 atom stereocenters. The van der Waals surface area contributed by atoms with Crippen LogP contribution in [0.2, 0.25) is 0 Å². The van der Waals surface area contributed by atoms with E-state index >= 15 is 0 Å². The summed E-state index contributed by atoms with van der Waals surface area (Å²) in [6.07, 6.45) is -3.54. The van der Waals surface area contributed by atoms with Gasteiger partial charge in [-0.25, -0.2) is 0 Å². The SMILES string of the molecule is CC(CNC(C)(C)C)NCCc1ccc(C(F)(F)F)cc1. The van der Waals surface area contributed by atoms with E-state index in [-0.39, 0.29) is 5.54 Å². The van der Waals surface area contributed by atoms with Crippen LogP contribution in [-0.4, -0.2) is 24.7 Å². The molecule has 120 valence electrons. The molecule has 0 radical (unpaired) electrons. The van der Waals surface area contributed by atoms with Crippen LogP contribution >= 0.6 is 0 Å². The molecule has 0 saturated heterocycles. The highest BCUT2D eigenvalue weighted by Crippen LogP contribution is 2.29. The fourth-order valence-corrected chi connectivity index (χ4v) is 1.85. The highest BCUT2D eigenvalue weighted by molar-refractivity contribution is 5.24. The molecule has 2 N–H and O–H groups in total. The molecule has 1 aromatic carbocycles. The minimum Gasteiger partial charge on any atom is -0.313 e. The third-order valence-electron chi connectivity index (χ3n) is 3.13. The van der Waals surface area contributed by atoms with Crippen molar-refractivity contribution >= 4 is 0 Å². The number of alkyl halides is 3. The van der Waals surface area contributed by atoms with E-state index in [1.165, 1.54) is 0 Å². The maximum atomic E-state index is 12.4. The van der Waals surface area contributed by atoms with E-state index in [9.17, 15) is 13.2 Å². The summed E-state index contributed by atoms with van der Waals surface area (Å²) in [7, 11) is 0. The lowest BCUT2D eigenvalue weighted by Crippen LogP contribution is -2.44. The summed E-state index contributed by atoms with van der Waals surface area (Å²) < 4.78 is 37.3. The Labute approximate surface area is 125 Å². The summed E-state index contributed by atoms with van der Waals surface area (Å²) in [4.78, 5) is 0. The zero-order chi connectivity index (χ0) is 16.1. The first-order chi connectivity index (χ1) is 9.58. The number of rotatable bonds is 6. The molecule has 0 spiro atoms. The van der Waals surface area contributed by atoms with Crippen LogP contribution in [0.15, 0.2) is 24.3 Å². The summed E-state index contributed by atoms with van der Waals surface area (Å²) in [6, 6.07) is 5.68. The Bertz CT molecular complexity index is 419. The number of nitrogens with one attached hydrogen (secondary N) is 2. The highest BCUT2D eigenvalue weighted by Gasteiger charge is 2.29. The normalized spacial score (nSPS) is 14.2. The van der Waals surface area contributed by atoms with Gasteiger partial charge in [0.05, 0.1) is 5.56 Å². The monoisotopic (exact) mass is 302 g/mol. The van der Waals surface area contributed by atoms with Gasteiger partial charge in [-0.15, -0.1) is 0 Å². The molecule has 5 heteroatoms. The summed E-state index contributed by atoms with van der Waals surface area (Å²) in [5.41, 5.74) is 0.400. The van der Waals surface area contributed by atoms with Gasteiger partial charge in [0.1, 0.15) is 0 Å². The first kappa shape index (κ1) is 18.0. The molecule has 21 heavy (non-hydrogen) atoms. The molecule has 1 rings (SSSR count). The Kier molecular flexibility index (Phi) is 6.23. The van der Waals surface area contributed by atoms with Crippen LogP contribution in [0.1, 0.15) is 38.8 Å². The van der Waals surface area contributed by atoms with Crippen molar-refractivity contribution in [2.75, 3.05) is 13.1 Å². The van der Waals surface area contributed by atoms with Crippen molar-refractivity contribution in [1.29, 1.82) is 0 Å². The maximum absolute atomic E-state index is 12.4. The van der Waals surface area contributed by atoms with E-state index in [1.807, 2.05) is 0 Å². The topological polar surface area (TPSA) is 24.1 Å². The number of benzene rings is 1. The first-order valence-corrected chi connectivity index (χ1v) is 7.22. The Morgan fingerprint density at radius 1 is 1.05 bits per heavy atom. The molecule has 0 saturated carbocycles. The lowest BCUT2D eigenvalue weighted by atomic mass is 10.1. The standard InChI is InChI=1S/C16H25F3N2/c1-12(11-21-15(2,3)4)20-10-9-13-5-7-14(8-6-13)16(17,18)19/h5-8,12,20-21H,9-11H2,1-4H3. The van der Waals surface area contributed by atoms with Crippen LogP contribution in [0.3, 0.4) is 0 Å². The zero-order valence-corrected chi connectivity index (χ0v) is 13.1. The molecule has 0 fully saturated rings. The second kappa shape index (κ2) is 7.27. The van der Waals surface area contributed by atoms with Crippen molar-refractivity contribution in [2.24, 2.45) is 0 Å². The van der Waals surface area contributed by atoms with E-state index in [2.05, 4.69) is 38.3 Å². The van der Waals surface area contributed by atoms with Crippen molar-refractivity contribution in [3.8, 4) is 0 Å². The van der Waals surface area contributed by atoms with E-state index in [4.69, 9.17) is 0 Å². The fraction of sp³-hybridized carbons (Fsp3) is 0.625. The Morgan fingerprint density at radius 3 is 2.10 bits per heavy atom. The molecule has 0 amide bonds.